The lowest BCUT2D eigenvalue weighted by Gasteiger charge is -2.51. The van der Waals surface area contributed by atoms with Gasteiger partial charge >= 0.3 is 18.2 Å². The number of amides is 2. The van der Waals surface area contributed by atoms with Crippen molar-refractivity contribution in [1.82, 2.24) is 10.2 Å². The average molecular weight is 579 g/mol. The Bertz CT molecular complexity index is 1170. The monoisotopic (exact) mass is 578 g/mol. The smallest absolute Gasteiger partial charge is 0.415 e. The second-order valence-corrected chi connectivity index (χ2v) is 14.1. The highest BCUT2D eigenvalue weighted by Crippen LogP contribution is 2.66. The topological polar surface area (TPSA) is 67.9 Å². The molecule has 0 radical (unpaired) electrons. The van der Waals surface area contributed by atoms with Gasteiger partial charge in [0.1, 0.15) is 5.76 Å². The number of alkyl halides is 3. The number of piperidine rings is 1. The molecule has 2 saturated carbocycles. The molecule has 0 aromatic carbocycles. The molecule has 41 heavy (non-hydrogen) atoms. The highest BCUT2D eigenvalue weighted by Gasteiger charge is 2.63. The molecular weight excluding hydrogens is 533 g/mol. The van der Waals surface area contributed by atoms with Gasteiger partial charge in [-0.25, -0.2) is 4.79 Å². The first kappa shape index (κ1) is 29.1. The molecule has 1 spiro atoms. The number of nitrogens with one attached hydrogen (secondary N) is 1. The predicted octanol–water partition coefficient (Wildman–Crippen LogP) is 6.76. The summed E-state index contributed by atoms with van der Waals surface area (Å²) in [6.07, 6.45) is 4.01. The fourth-order valence-corrected chi connectivity index (χ4v) is 10.3. The molecule has 1 N–H and O–H groups in total. The van der Waals surface area contributed by atoms with E-state index in [-0.39, 0.29) is 36.0 Å². The number of alkyl carbamates (subject to hydrolysis) is 1. The minimum absolute atomic E-state index is 0.0401. The van der Waals surface area contributed by atoms with Crippen molar-refractivity contribution in [2.24, 2.45) is 40.9 Å². The molecule has 2 heterocycles. The summed E-state index contributed by atoms with van der Waals surface area (Å²) in [5.74, 6) is 0.799. The number of fused-ring (bicyclic) bond motifs is 6. The molecule has 6 rings (SSSR count). The summed E-state index contributed by atoms with van der Waals surface area (Å²) in [7, 11) is 0. The first-order valence-electron chi connectivity index (χ1n) is 15.7. The Balaban J connectivity index is 1.27. The minimum atomic E-state index is -4.88. The van der Waals surface area contributed by atoms with Crippen LogP contribution in [0.5, 0.6) is 0 Å². The first-order valence-corrected chi connectivity index (χ1v) is 15.7. The molecule has 2 amide bonds. The molecule has 1 unspecified atom stereocenters. The summed E-state index contributed by atoms with van der Waals surface area (Å²) in [6, 6.07) is -0.551. The van der Waals surface area contributed by atoms with Gasteiger partial charge in [-0.3, -0.25) is 4.79 Å². The number of allylic oxidation sites excluding steroid dienone is 3. The number of hydrogen-bond acceptors (Lipinski definition) is 4. The van der Waals surface area contributed by atoms with Gasteiger partial charge in [-0.15, -0.1) is 0 Å². The Morgan fingerprint density at radius 3 is 2.66 bits per heavy atom. The van der Waals surface area contributed by atoms with Crippen molar-refractivity contribution < 1.29 is 32.2 Å². The molecule has 2 aliphatic heterocycles. The van der Waals surface area contributed by atoms with Crippen LogP contribution in [0.4, 0.5) is 18.0 Å². The summed E-state index contributed by atoms with van der Waals surface area (Å²) in [5, 5.41) is 2.72. The van der Waals surface area contributed by atoms with Gasteiger partial charge in [0.15, 0.2) is 0 Å². The van der Waals surface area contributed by atoms with Gasteiger partial charge < -0.3 is 19.7 Å². The first-order chi connectivity index (χ1) is 19.3. The van der Waals surface area contributed by atoms with Gasteiger partial charge in [-0.1, -0.05) is 26.3 Å². The van der Waals surface area contributed by atoms with E-state index in [1.807, 2.05) is 20.8 Å². The van der Waals surface area contributed by atoms with Crippen LogP contribution in [0.25, 0.3) is 0 Å². The Morgan fingerprint density at radius 1 is 1.20 bits per heavy atom. The van der Waals surface area contributed by atoms with Gasteiger partial charge in [0.25, 0.3) is 0 Å². The summed E-state index contributed by atoms with van der Waals surface area (Å²) >= 11 is 0. The standard InChI is InChI=1S/C32H45F3N2O4/c1-6-36-29(39)40-21-9-11-30(5)20(14-21)7-8-23-22-10-12-31(18(3)24(22)15-25(23)30)19(4)27-26(41-31)13-17(2)16-37(27)28(38)32(33,34)35/h14,17,19-20,22-23,25-27H,6-13,15-16H2,1-5H3,(H,36,39)/t17-,19+,20?,22-,23-,25-,26+,27-,30-,31-/m0/s1. The van der Waals surface area contributed by atoms with Crippen LogP contribution in [0, 0.1) is 40.9 Å². The maximum Gasteiger partial charge on any atom is 0.471 e. The van der Waals surface area contributed by atoms with Crippen LogP contribution in [0.15, 0.2) is 23.0 Å². The van der Waals surface area contributed by atoms with Crippen molar-refractivity contribution in [3.05, 3.63) is 23.0 Å². The second kappa shape index (κ2) is 10.0. The Labute approximate surface area is 241 Å². The molecule has 10 atom stereocenters. The Morgan fingerprint density at radius 2 is 1.95 bits per heavy atom. The van der Waals surface area contributed by atoms with Gasteiger partial charge in [-0.05, 0) is 105 Å². The molecule has 0 aromatic heterocycles. The van der Waals surface area contributed by atoms with Crippen molar-refractivity contribution in [2.45, 2.75) is 110 Å². The van der Waals surface area contributed by atoms with Crippen molar-refractivity contribution in [2.75, 3.05) is 13.1 Å². The maximum atomic E-state index is 13.6. The van der Waals surface area contributed by atoms with E-state index < -0.39 is 23.7 Å². The summed E-state index contributed by atoms with van der Waals surface area (Å²) in [5.41, 5.74) is 2.21. The summed E-state index contributed by atoms with van der Waals surface area (Å²) in [6.45, 7) is 11.1. The van der Waals surface area contributed by atoms with E-state index in [2.05, 4.69) is 25.2 Å². The van der Waals surface area contributed by atoms with Crippen LogP contribution in [0.3, 0.4) is 0 Å². The van der Waals surface area contributed by atoms with Crippen molar-refractivity contribution in [3.63, 3.8) is 0 Å². The van der Waals surface area contributed by atoms with Gasteiger partial charge in [0, 0.05) is 25.4 Å². The molecule has 4 aliphatic carbocycles. The maximum absolute atomic E-state index is 13.6. The molecule has 4 fully saturated rings. The van der Waals surface area contributed by atoms with E-state index in [1.165, 1.54) is 11.1 Å². The Kier molecular flexibility index (Phi) is 7.10. The second-order valence-electron chi connectivity index (χ2n) is 14.1. The quantitative estimate of drug-likeness (QED) is 0.368. The number of halogens is 3. The zero-order chi connectivity index (χ0) is 29.5. The van der Waals surface area contributed by atoms with Gasteiger partial charge in [0.2, 0.25) is 0 Å². The minimum Gasteiger partial charge on any atom is -0.415 e. The van der Waals surface area contributed by atoms with Gasteiger partial charge in [0.05, 0.1) is 17.7 Å². The third-order valence-corrected chi connectivity index (χ3v) is 12.2. The fourth-order valence-electron chi connectivity index (χ4n) is 10.3. The largest absolute Gasteiger partial charge is 0.471 e. The number of nitrogens with zero attached hydrogens (tertiary/aromatic N) is 1. The number of likely N-dealkylation sites (tertiary alicyclic amines) is 1. The molecule has 0 aromatic rings. The molecule has 228 valence electrons. The molecule has 6 nitrogen and oxygen atoms in total. The third-order valence-electron chi connectivity index (χ3n) is 12.2. The number of carbonyl (C=O) groups excluding carboxylic acids is 2. The van der Waals surface area contributed by atoms with Crippen molar-refractivity contribution in [3.8, 4) is 0 Å². The Hall–Kier alpha value is -2.03. The summed E-state index contributed by atoms with van der Waals surface area (Å²) < 4.78 is 53.3. The third kappa shape index (κ3) is 4.46. The fraction of sp³-hybridized carbons (Fsp3) is 0.812. The van der Waals surface area contributed by atoms with E-state index in [0.29, 0.717) is 36.6 Å². The lowest BCUT2D eigenvalue weighted by atomic mass is 9.54. The predicted molar refractivity (Wildman–Crippen MR) is 147 cm³/mol. The lowest BCUT2D eigenvalue weighted by molar-refractivity contribution is -0.192. The van der Waals surface area contributed by atoms with E-state index in [9.17, 15) is 22.8 Å². The van der Waals surface area contributed by atoms with Crippen LogP contribution in [-0.4, -0.2) is 53.9 Å². The number of carbonyl (C=O) groups is 2. The SMILES string of the molecule is CCNC(=O)OC1=CC2CC[C@H]3[C@@H]4CC[C@]5(O[C@@H]6C[C@H](C)CN(C(=O)C(F)(F)F)[C@H]6[C@H]5C)C(C)=C4C[C@@H]3[C@@]2(C)CC1. The molecule has 2 saturated heterocycles. The van der Waals surface area contributed by atoms with Crippen LogP contribution in [0.1, 0.15) is 86.0 Å². The number of hydrogen-bond donors (Lipinski definition) is 1. The van der Waals surface area contributed by atoms with Crippen LogP contribution in [0.2, 0.25) is 0 Å². The molecular formula is C32H45F3N2O4. The summed E-state index contributed by atoms with van der Waals surface area (Å²) in [4.78, 5) is 25.7. The highest BCUT2D eigenvalue weighted by atomic mass is 19.4. The highest BCUT2D eigenvalue weighted by molar-refractivity contribution is 5.82. The van der Waals surface area contributed by atoms with Crippen LogP contribution < -0.4 is 5.32 Å². The van der Waals surface area contributed by atoms with E-state index in [4.69, 9.17) is 9.47 Å². The van der Waals surface area contributed by atoms with E-state index in [0.717, 1.165) is 55.6 Å². The number of ether oxygens (including phenoxy) is 2. The van der Waals surface area contributed by atoms with Crippen LogP contribution >= 0.6 is 0 Å². The zero-order valence-electron chi connectivity index (χ0n) is 25.0. The zero-order valence-corrected chi connectivity index (χ0v) is 25.0. The molecule has 9 heteroatoms. The van der Waals surface area contributed by atoms with Crippen molar-refractivity contribution in [1.29, 1.82) is 0 Å². The molecule has 6 aliphatic rings. The average Bonchev–Trinajstić information content (AvgIpc) is 3.42. The van der Waals surface area contributed by atoms with Crippen molar-refractivity contribution >= 4 is 12.0 Å². The lowest BCUT2D eigenvalue weighted by Crippen LogP contribution is -2.57. The van der Waals surface area contributed by atoms with E-state index >= 15 is 0 Å². The van der Waals surface area contributed by atoms with Crippen LogP contribution in [-0.2, 0) is 14.3 Å². The number of rotatable bonds is 2. The normalized spacial score (nSPS) is 43.6. The molecule has 0 bridgehead atoms. The van der Waals surface area contributed by atoms with E-state index in [1.54, 1.807) is 0 Å². The van der Waals surface area contributed by atoms with Gasteiger partial charge in [-0.2, -0.15) is 13.2 Å².